The van der Waals surface area contributed by atoms with Crippen LogP contribution in [0.2, 0.25) is 0 Å². The summed E-state index contributed by atoms with van der Waals surface area (Å²) in [5.41, 5.74) is 0.922. The summed E-state index contributed by atoms with van der Waals surface area (Å²) in [5, 5.41) is 5.82. The Labute approximate surface area is 151 Å². The van der Waals surface area contributed by atoms with E-state index in [4.69, 9.17) is 4.74 Å². The fraction of sp³-hybridized carbons (Fsp3) is 0.0500. The molecule has 0 aliphatic heterocycles. The summed E-state index contributed by atoms with van der Waals surface area (Å²) in [6, 6.07) is 18.2. The van der Waals surface area contributed by atoms with Crippen LogP contribution in [0.1, 0.15) is 10.5 Å². The number of ether oxygens (including phenoxy) is 1. The first-order valence-corrected chi connectivity index (χ1v) is 8.06. The lowest BCUT2D eigenvalue weighted by molar-refractivity contribution is 0.102. The highest BCUT2D eigenvalue weighted by molar-refractivity contribution is 6.03. The molecule has 0 aliphatic rings. The van der Waals surface area contributed by atoms with Crippen LogP contribution >= 0.6 is 0 Å². The Hall–Kier alpha value is -3.67. The zero-order valence-electron chi connectivity index (χ0n) is 14.1. The molecule has 26 heavy (non-hydrogen) atoms. The van der Waals surface area contributed by atoms with Crippen molar-refractivity contribution in [2.45, 2.75) is 0 Å². The fourth-order valence-corrected chi connectivity index (χ4v) is 2.18. The Morgan fingerprint density at radius 1 is 1.04 bits per heavy atom. The Balaban J connectivity index is 1.63. The lowest BCUT2D eigenvalue weighted by Crippen LogP contribution is -2.14. The van der Waals surface area contributed by atoms with Crippen LogP contribution in [-0.2, 0) is 0 Å². The highest BCUT2D eigenvalue weighted by Gasteiger charge is 2.09. The molecule has 1 heterocycles. The molecule has 3 rings (SSSR count). The molecule has 0 spiro atoms. The van der Waals surface area contributed by atoms with Crippen molar-refractivity contribution in [2.24, 2.45) is 0 Å². The first-order chi connectivity index (χ1) is 12.7. The summed E-state index contributed by atoms with van der Waals surface area (Å²) in [6.45, 7) is 4.18. The molecule has 1 aromatic heterocycles. The van der Waals surface area contributed by atoms with Gasteiger partial charge in [-0.1, -0.05) is 24.3 Å². The third-order valence-electron chi connectivity index (χ3n) is 3.42. The third kappa shape index (κ3) is 4.67. The van der Waals surface area contributed by atoms with E-state index < -0.39 is 0 Å². The number of carbonyl (C=O) groups excluding carboxylic acids is 1. The number of para-hydroxylation sites is 1. The quantitative estimate of drug-likeness (QED) is 0.629. The van der Waals surface area contributed by atoms with Crippen molar-refractivity contribution in [1.29, 1.82) is 0 Å². The number of benzene rings is 2. The van der Waals surface area contributed by atoms with Crippen molar-refractivity contribution >= 4 is 17.4 Å². The molecule has 0 saturated carbocycles. The van der Waals surface area contributed by atoms with Gasteiger partial charge in [-0.15, -0.1) is 6.58 Å². The Morgan fingerprint density at radius 2 is 1.77 bits per heavy atom. The number of hydrogen-bond acceptors (Lipinski definition) is 5. The van der Waals surface area contributed by atoms with E-state index in [-0.39, 0.29) is 11.6 Å². The highest BCUT2D eigenvalue weighted by atomic mass is 16.5. The second kappa shape index (κ2) is 8.43. The molecular weight excluding hydrogens is 328 g/mol. The van der Waals surface area contributed by atoms with Gasteiger partial charge in [-0.25, -0.2) is 9.97 Å². The van der Waals surface area contributed by atoms with Crippen molar-refractivity contribution < 1.29 is 9.53 Å². The summed E-state index contributed by atoms with van der Waals surface area (Å²) in [5.74, 6) is 1.69. The molecule has 0 radical (unpaired) electrons. The summed E-state index contributed by atoms with van der Waals surface area (Å²) in [6.07, 6.45) is 3.05. The van der Waals surface area contributed by atoms with Gasteiger partial charge in [0.25, 0.3) is 5.91 Å². The molecule has 6 nitrogen and oxygen atoms in total. The van der Waals surface area contributed by atoms with E-state index in [2.05, 4.69) is 27.2 Å². The molecule has 3 aromatic rings. The van der Waals surface area contributed by atoms with Crippen molar-refractivity contribution in [3.63, 3.8) is 0 Å². The maximum atomic E-state index is 12.3. The van der Waals surface area contributed by atoms with E-state index in [9.17, 15) is 4.79 Å². The molecule has 0 saturated heterocycles. The SMILES string of the molecule is C=CCNc1cc(C(=O)Nc2ccc(Oc3ccccc3)cc2)ncn1. The van der Waals surface area contributed by atoms with Crippen LogP contribution in [0.5, 0.6) is 11.5 Å². The summed E-state index contributed by atoms with van der Waals surface area (Å²) in [4.78, 5) is 20.4. The molecule has 0 fully saturated rings. The van der Waals surface area contributed by atoms with Crippen molar-refractivity contribution in [3.8, 4) is 11.5 Å². The maximum Gasteiger partial charge on any atom is 0.274 e. The molecule has 130 valence electrons. The van der Waals surface area contributed by atoms with Gasteiger partial charge in [-0.3, -0.25) is 4.79 Å². The second-order valence-corrected chi connectivity index (χ2v) is 5.35. The standard InChI is InChI=1S/C20H18N4O2/c1-2-12-21-19-13-18(22-14-23-19)20(25)24-15-8-10-17(11-9-15)26-16-6-4-3-5-7-16/h2-11,13-14H,1,12H2,(H,24,25)(H,21,22,23). The van der Waals surface area contributed by atoms with Crippen LogP contribution in [0.15, 0.2) is 79.6 Å². The predicted molar refractivity (Wildman–Crippen MR) is 102 cm³/mol. The molecule has 0 atom stereocenters. The van der Waals surface area contributed by atoms with Crippen LogP contribution in [-0.4, -0.2) is 22.4 Å². The Morgan fingerprint density at radius 3 is 2.50 bits per heavy atom. The average Bonchev–Trinajstić information content (AvgIpc) is 2.69. The first kappa shape index (κ1) is 17.2. The number of aromatic nitrogens is 2. The smallest absolute Gasteiger partial charge is 0.274 e. The van der Waals surface area contributed by atoms with Gasteiger partial charge in [0.15, 0.2) is 0 Å². The average molecular weight is 346 g/mol. The molecular formula is C20H18N4O2. The van der Waals surface area contributed by atoms with Gasteiger partial charge in [0.05, 0.1) is 0 Å². The van der Waals surface area contributed by atoms with E-state index >= 15 is 0 Å². The number of nitrogens with one attached hydrogen (secondary N) is 2. The zero-order valence-corrected chi connectivity index (χ0v) is 14.1. The van der Waals surface area contributed by atoms with Crippen LogP contribution in [0.3, 0.4) is 0 Å². The third-order valence-corrected chi connectivity index (χ3v) is 3.42. The predicted octanol–water partition coefficient (Wildman–Crippen LogP) is 4.12. The molecule has 0 aliphatic carbocycles. The summed E-state index contributed by atoms with van der Waals surface area (Å²) < 4.78 is 5.73. The van der Waals surface area contributed by atoms with Crippen LogP contribution in [0.4, 0.5) is 11.5 Å². The van der Waals surface area contributed by atoms with E-state index in [1.165, 1.54) is 6.33 Å². The van der Waals surface area contributed by atoms with Crippen molar-refractivity contribution in [1.82, 2.24) is 9.97 Å². The van der Waals surface area contributed by atoms with Crippen molar-refractivity contribution in [2.75, 3.05) is 17.2 Å². The Kier molecular flexibility index (Phi) is 5.57. The van der Waals surface area contributed by atoms with Crippen molar-refractivity contribution in [3.05, 3.63) is 85.3 Å². The van der Waals surface area contributed by atoms with E-state index in [0.29, 0.717) is 23.8 Å². The highest BCUT2D eigenvalue weighted by Crippen LogP contribution is 2.22. The van der Waals surface area contributed by atoms with Gasteiger partial charge in [0.1, 0.15) is 29.3 Å². The fourth-order valence-electron chi connectivity index (χ4n) is 2.18. The molecule has 2 aromatic carbocycles. The zero-order chi connectivity index (χ0) is 18.2. The monoisotopic (exact) mass is 346 g/mol. The second-order valence-electron chi connectivity index (χ2n) is 5.35. The van der Waals surface area contributed by atoms with Gasteiger partial charge in [-0.2, -0.15) is 0 Å². The van der Waals surface area contributed by atoms with Gasteiger partial charge in [0.2, 0.25) is 0 Å². The topological polar surface area (TPSA) is 76.1 Å². The van der Waals surface area contributed by atoms with E-state index in [1.807, 2.05) is 30.3 Å². The van der Waals surface area contributed by atoms with Crippen LogP contribution in [0.25, 0.3) is 0 Å². The lowest BCUT2D eigenvalue weighted by Gasteiger charge is -2.08. The minimum atomic E-state index is -0.314. The minimum absolute atomic E-state index is 0.274. The van der Waals surface area contributed by atoms with Gasteiger partial charge in [0, 0.05) is 18.3 Å². The van der Waals surface area contributed by atoms with E-state index in [1.54, 1.807) is 36.4 Å². The number of carbonyl (C=O) groups is 1. The normalized spacial score (nSPS) is 10.0. The van der Waals surface area contributed by atoms with Crippen LogP contribution < -0.4 is 15.4 Å². The molecule has 0 bridgehead atoms. The van der Waals surface area contributed by atoms with Gasteiger partial charge >= 0.3 is 0 Å². The summed E-state index contributed by atoms with van der Waals surface area (Å²) in [7, 11) is 0. The lowest BCUT2D eigenvalue weighted by atomic mass is 10.2. The van der Waals surface area contributed by atoms with E-state index in [0.717, 1.165) is 5.75 Å². The number of hydrogen-bond donors (Lipinski definition) is 2. The number of nitrogens with zero attached hydrogens (tertiary/aromatic N) is 2. The molecule has 0 unspecified atom stereocenters. The van der Waals surface area contributed by atoms with Gasteiger partial charge in [-0.05, 0) is 36.4 Å². The first-order valence-electron chi connectivity index (χ1n) is 8.06. The molecule has 1 amide bonds. The van der Waals surface area contributed by atoms with Gasteiger partial charge < -0.3 is 15.4 Å². The molecule has 6 heteroatoms. The number of rotatable bonds is 7. The minimum Gasteiger partial charge on any atom is -0.457 e. The Bertz CT molecular complexity index is 880. The number of anilines is 2. The largest absolute Gasteiger partial charge is 0.457 e. The van der Waals surface area contributed by atoms with Crippen LogP contribution in [0, 0.1) is 0 Å². The maximum absolute atomic E-state index is 12.3. The summed E-state index contributed by atoms with van der Waals surface area (Å²) >= 11 is 0. The number of amides is 1. The molecule has 2 N–H and O–H groups in total.